The molecule has 1 aromatic rings. The molecule has 0 heterocycles. The van der Waals surface area contributed by atoms with Gasteiger partial charge in [0.25, 0.3) is 0 Å². The molecule has 1 fully saturated rings. The lowest BCUT2D eigenvalue weighted by Crippen LogP contribution is -2.10. The predicted octanol–water partition coefficient (Wildman–Crippen LogP) is 3.83. The Morgan fingerprint density at radius 3 is 2.12 bits per heavy atom. The first kappa shape index (κ1) is 12.2. The molecule has 0 atom stereocenters. The third-order valence-corrected chi connectivity index (χ3v) is 4.48. The number of halogens is 2. The Morgan fingerprint density at radius 2 is 1.65 bits per heavy atom. The summed E-state index contributed by atoms with van der Waals surface area (Å²) >= 11 is 0. The Bertz CT molecular complexity index is 475. The van der Waals surface area contributed by atoms with Crippen LogP contribution in [0.15, 0.2) is 18.2 Å². The van der Waals surface area contributed by atoms with Gasteiger partial charge in [-0.15, -0.1) is 0 Å². The van der Waals surface area contributed by atoms with Crippen LogP contribution >= 0.6 is 0 Å². The summed E-state index contributed by atoms with van der Waals surface area (Å²) in [5.74, 6) is -1.76. The van der Waals surface area contributed by atoms with Gasteiger partial charge in [0, 0.05) is 5.92 Å². The third-order valence-electron chi connectivity index (χ3n) is 4.48. The molecule has 0 aromatic heterocycles. The van der Waals surface area contributed by atoms with E-state index in [0.717, 1.165) is 18.2 Å². The highest BCUT2D eigenvalue weighted by Gasteiger charge is 2.68. The number of hydrogen-bond donors (Lipinski definition) is 0. The Labute approximate surface area is 99.8 Å². The largest absolute Gasteiger partial charge is 0.294 e. The van der Waals surface area contributed by atoms with Crippen LogP contribution in [0.2, 0.25) is 0 Å². The van der Waals surface area contributed by atoms with E-state index in [1.54, 1.807) is 0 Å². The van der Waals surface area contributed by atoms with Gasteiger partial charge in [0.05, 0.1) is 5.56 Å². The van der Waals surface area contributed by atoms with E-state index in [9.17, 15) is 13.6 Å². The number of carbonyl (C=O) groups is 1. The normalized spacial score (nSPS) is 21.3. The van der Waals surface area contributed by atoms with Gasteiger partial charge in [-0.2, -0.15) is 0 Å². The lowest BCUT2D eigenvalue weighted by Gasteiger charge is -2.04. The van der Waals surface area contributed by atoms with E-state index in [1.165, 1.54) is 0 Å². The van der Waals surface area contributed by atoms with Gasteiger partial charge in [-0.05, 0) is 29.0 Å². The smallest absolute Gasteiger partial charge is 0.170 e. The summed E-state index contributed by atoms with van der Waals surface area (Å²) < 4.78 is 26.6. The van der Waals surface area contributed by atoms with Crippen molar-refractivity contribution in [2.45, 2.75) is 27.7 Å². The van der Waals surface area contributed by atoms with Gasteiger partial charge in [-0.3, -0.25) is 4.79 Å². The van der Waals surface area contributed by atoms with Crippen LogP contribution in [0.1, 0.15) is 38.1 Å². The third kappa shape index (κ3) is 1.60. The molecule has 2 rings (SSSR count). The molecular weight excluding hydrogens is 222 g/mol. The maximum Gasteiger partial charge on any atom is 0.170 e. The minimum atomic E-state index is -0.644. The zero-order valence-electron chi connectivity index (χ0n) is 10.5. The fourth-order valence-corrected chi connectivity index (χ4v) is 2.69. The average molecular weight is 238 g/mol. The summed E-state index contributed by atoms with van der Waals surface area (Å²) in [5, 5.41) is 0. The van der Waals surface area contributed by atoms with Crippen molar-refractivity contribution in [1.29, 1.82) is 0 Å². The number of hydrogen-bond acceptors (Lipinski definition) is 1. The highest BCUT2D eigenvalue weighted by atomic mass is 19.1. The quantitative estimate of drug-likeness (QED) is 0.716. The second-order valence-corrected chi connectivity index (χ2v) is 5.86. The number of rotatable bonds is 2. The molecule has 0 amide bonds. The van der Waals surface area contributed by atoms with Crippen LogP contribution < -0.4 is 0 Å². The van der Waals surface area contributed by atoms with Gasteiger partial charge in [0.2, 0.25) is 0 Å². The van der Waals surface area contributed by atoms with E-state index in [-0.39, 0.29) is 28.1 Å². The molecule has 1 saturated carbocycles. The number of carbonyl (C=O) groups excluding carboxylic acids is 1. The van der Waals surface area contributed by atoms with Gasteiger partial charge < -0.3 is 0 Å². The van der Waals surface area contributed by atoms with Crippen molar-refractivity contribution in [3.05, 3.63) is 35.4 Å². The molecule has 1 aromatic carbocycles. The van der Waals surface area contributed by atoms with E-state index in [1.807, 2.05) is 27.7 Å². The van der Waals surface area contributed by atoms with Gasteiger partial charge >= 0.3 is 0 Å². The molecule has 1 aliphatic rings. The first-order valence-corrected chi connectivity index (χ1v) is 5.69. The SMILES string of the molecule is CC1(C)C(C(=O)c2cc(F)ccc2F)C1(C)C. The van der Waals surface area contributed by atoms with Crippen molar-refractivity contribution in [3.8, 4) is 0 Å². The van der Waals surface area contributed by atoms with Gasteiger partial charge in [-0.1, -0.05) is 27.7 Å². The van der Waals surface area contributed by atoms with Crippen molar-refractivity contribution in [2.24, 2.45) is 16.7 Å². The number of benzene rings is 1. The lowest BCUT2D eigenvalue weighted by molar-refractivity contribution is 0.0940. The Balaban J connectivity index is 2.38. The molecule has 3 heteroatoms. The summed E-state index contributed by atoms with van der Waals surface area (Å²) in [6, 6.07) is 3.02. The first-order valence-electron chi connectivity index (χ1n) is 5.69. The van der Waals surface area contributed by atoms with Crippen LogP contribution in [0.25, 0.3) is 0 Å². The summed E-state index contributed by atoms with van der Waals surface area (Å²) in [7, 11) is 0. The summed E-state index contributed by atoms with van der Waals surface area (Å²) in [5.41, 5.74) is -0.459. The first-order chi connectivity index (χ1) is 7.69. The van der Waals surface area contributed by atoms with E-state index >= 15 is 0 Å². The zero-order chi connectivity index (χ0) is 13.0. The zero-order valence-corrected chi connectivity index (χ0v) is 10.5. The van der Waals surface area contributed by atoms with Crippen molar-refractivity contribution in [1.82, 2.24) is 0 Å². The van der Waals surface area contributed by atoms with Crippen LogP contribution in [0.4, 0.5) is 8.78 Å². The molecule has 1 nitrogen and oxygen atoms in total. The van der Waals surface area contributed by atoms with Crippen LogP contribution in [0, 0.1) is 28.4 Å². The van der Waals surface area contributed by atoms with Crippen molar-refractivity contribution in [3.63, 3.8) is 0 Å². The monoisotopic (exact) mass is 238 g/mol. The average Bonchev–Trinajstić information content (AvgIpc) is 2.61. The molecule has 1 aliphatic carbocycles. The molecule has 0 aliphatic heterocycles. The molecule has 0 saturated heterocycles. The highest BCUT2D eigenvalue weighted by molar-refractivity contribution is 6.01. The molecule has 92 valence electrons. The van der Waals surface area contributed by atoms with E-state index in [4.69, 9.17) is 0 Å². The van der Waals surface area contributed by atoms with Crippen molar-refractivity contribution < 1.29 is 13.6 Å². The highest BCUT2D eigenvalue weighted by Crippen LogP contribution is 2.69. The Morgan fingerprint density at radius 1 is 1.12 bits per heavy atom. The Hall–Kier alpha value is -1.25. The van der Waals surface area contributed by atoms with Crippen molar-refractivity contribution >= 4 is 5.78 Å². The predicted molar refractivity (Wildman–Crippen MR) is 61.7 cm³/mol. The standard InChI is InChI=1S/C14H16F2O/c1-13(2)12(14(13,3)4)11(17)9-7-8(15)5-6-10(9)16/h5-7,12H,1-4H3. The fourth-order valence-electron chi connectivity index (χ4n) is 2.69. The Kier molecular flexibility index (Phi) is 2.42. The topological polar surface area (TPSA) is 17.1 Å². The maximum atomic E-state index is 13.5. The fraction of sp³-hybridized carbons (Fsp3) is 0.500. The molecule has 17 heavy (non-hydrogen) atoms. The van der Waals surface area contributed by atoms with Gasteiger partial charge in [0.15, 0.2) is 5.78 Å². The second-order valence-electron chi connectivity index (χ2n) is 5.86. The molecule has 0 spiro atoms. The lowest BCUT2D eigenvalue weighted by atomic mass is 10.0. The second kappa shape index (κ2) is 3.37. The van der Waals surface area contributed by atoms with Crippen LogP contribution in [0.5, 0.6) is 0 Å². The minimum Gasteiger partial charge on any atom is -0.294 e. The van der Waals surface area contributed by atoms with E-state index in [0.29, 0.717) is 0 Å². The van der Waals surface area contributed by atoms with Crippen LogP contribution in [0.3, 0.4) is 0 Å². The van der Waals surface area contributed by atoms with Gasteiger partial charge in [-0.25, -0.2) is 8.78 Å². The van der Waals surface area contributed by atoms with Gasteiger partial charge in [0.1, 0.15) is 11.6 Å². The van der Waals surface area contributed by atoms with Crippen LogP contribution in [-0.4, -0.2) is 5.78 Å². The maximum absolute atomic E-state index is 13.5. The van der Waals surface area contributed by atoms with E-state index in [2.05, 4.69) is 0 Å². The summed E-state index contributed by atoms with van der Waals surface area (Å²) in [6.45, 7) is 7.92. The molecule has 0 bridgehead atoms. The summed E-state index contributed by atoms with van der Waals surface area (Å²) in [4.78, 5) is 12.2. The number of Topliss-reactive ketones (excluding diaryl/α,β-unsaturated/α-hetero) is 1. The summed E-state index contributed by atoms with van der Waals surface area (Å²) in [6.07, 6.45) is 0. The molecule has 0 radical (unpaired) electrons. The molecule has 0 unspecified atom stereocenters. The number of ketones is 1. The van der Waals surface area contributed by atoms with Crippen LogP contribution in [-0.2, 0) is 0 Å². The minimum absolute atomic E-state index is 0.131. The van der Waals surface area contributed by atoms with E-state index < -0.39 is 11.6 Å². The van der Waals surface area contributed by atoms with Crippen molar-refractivity contribution in [2.75, 3.05) is 0 Å². The molecular formula is C14H16F2O. The molecule has 0 N–H and O–H groups in total.